The minimum absolute atomic E-state index is 0.0275. The first-order valence-electron chi connectivity index (χ1n) is 8.11. The molecule has 0 atom stereocenters. The highest BCUT2D eigenvalue weighted by molar-refractivity contribution is 7.89. The summed E-state index contributed by atoms with van der Waals surface area (Å²) in [5.74, 6) is -0.412. The molecular weight excluding hydrogens is 372 g/mol. The molecule has 0 spiro atoms. The molecule has 140 valence electrons. The lowest BCUT2D eigenvalue weighted by molar-refractivity contribution is 0.0951. The molecule has 26 heavy (non-hydrogen) atoms. The number of sulfonamides is 1. The van der Waals surface area contributed by atoms with Crippen molar-refractivity contribution in [1.29, 1.82) is 0 Å². The molecule has 0 heterocycles. The minimum Gasteiger partial charge on any atom is -0.348 e. The van der Waals surface area contributed by atoms with Gasteiger partial charge in [0.2, 0.25) is 10.0 Å². The summed E-state index contributed by atoms with van der Waals surface area (Å²) in [6, 6.07) is 8.25. The second kappa shape index (κ2) is 7.78. The average Bonchev–Trinajstić information content (AvgIpc) is 2.53. The van der Waals surface area contributed by atoms with Gasteiger partial charge in [-0.2, -0.15) is 0 Å². The highest BCUT2D eigenvalue weighted by Gasteiger charge is 2.21. The van der Waals surface area contributed by atoms with Crippen molar-refractivity contribution in [3.63, 3.8) is 0 Å². The van der Waals surface area contributed by atoms with Gasteiger partial charge < -0.3 is 5.32 Å². The number of nitrogens with one attached hydrogen (secondary N) is 1. The predicted octanol–water partition coefficient (Wildman–Crippen LogP) is 3.45. The highest BCUT2D eigenvalue weighted by atomic mass is 35.5. The van der Waals surface area contributed by atoms with E-state index in [0.717, 1.165) is 21.0 Å². The second-order valence-corrected chi connectivity index (χ2v) is 9.05. The van der Waals surface area contributed by atoms with E-state index in [2.05, 4.69) is 17.4 Å². The van der Waals surface area contributed by atoms with Crippen molar-refractivity contribution in [2.45, 2.75) is 32.2 Å². The molecule has 1 amide bonds. The summed E-state index contributed by atoms with van der Waals surface area (Å²) in [7, 11) is -0.766. The van der Waals surface area contributed by atoms with Crippen LogP contribution in [0.4, 0.5) is 0 Å². The number of hydrogen-bond acceptors (Lipinski definition) is 3. The predicted molar refractivity (Wildman–Crippen MR) is 104 cm³/mol. The van der Waals surface area contributed by atoms with Gasteiger partial charge in [-0.3, -0.25) is 4.79 Å². The van der Waals surface area contributed by atoms with E-state index in [9.17, 15) is 13.2 Å². The lowest BCUT2D eigenvalue weighted by Crippen LogP contribution is -2.26. The monoisotopic (exact) mass is 394 g/mol. The third-order valence-corrected chi connectivity index (χ3v) is 6.37. The van der Waals surface area contributed by atoms with Crippen LogP contribution in [0.1, 0.15) is 32.6 Å². The molecule has 0 aliphatic rings. The summed E-state index contributed by atoms with van der Waals surface area (Å²) in [5, 5.41) is 3.04. The number of hydrogen-bond donors (Lipinski definition) is 1. The fraction of sp³-hybridized carbons (Fsp3) is 0.316. The van der Waals surface area contributed by atoms with E-state index < -0.39 is 15.9 Å². The molecule has 0 fully saturated rings. The van der Waals surface area contributed by atoms with Crippen LogP contribution in [0, 0.1) is 20.8 Å². The quantitative estimate of drug-likeness (QED) is 0.844. The Morgan fingerprint density at radius 1 is 1.08 bits per heavy atom. The topological polar surface area (TPSA) is 66.5 Å². The molecule has 1 N–H and O–H groups in total. The van der Waals surface area contributed by atoms with Gasteiger partial charge >= 0.3 is 0 Å². The molecule has 7 heteroatoms. The zero-order chi connectivity index (χ0) is 19.6. The molecule has 0 aliphatic heterocycles. The molecule has 2 rings (SSSR count). The maximum atomic E-state index is 12.6. The number of benzene rings is 2. The van der Waals surface area contributed by atoms with Crippen LogP contribution in [0.2, 0.25) is 5.02 Å². The standard InChI is InChI=1S/C19H23ClN2O3S/c1-12-8-13(2)17(14(3)9-12)11-21-19(23)16-10-15(6-7-18(16)20)26(24,25)22(4)5/h6-10H,11H2,1-5H3,(H,21,23). The SMILES string of the molecule is Cc1cc(C)c(CNC(=O)c2cc(S(=O)(=O)N(C)C)ccc2Cl)c(C)c1. The Morgan fingerprint density at radius 2 is 1.65 bits per heavy atom. The fourth-order valence-electron chi connectivity index (χ4n) is 2.80. The van der Waals surface area contributed by atoms with Crippen LogP contribution < -0.4 is 5.32 Å². The maximum Gasteiger partial charge on any atom is 0.253 e. The van der Waals surface area contributed by atoms with Crippen molar-refractivity contribution < 1.29 is 13.2 Å². The molecule has 2 aromatic carbocycles. The van der Waals surface area contributed by atoms with Crippen LogP contribution in [0.15, 0.2) is 35.2 Å². The van der Waals surface area contributed by atoms with Crippen LogP contribution in [0.5, 0.6) is 0 Å². The maximum absolute atomic E-state index is 12.6. The van der Waals surface area contributed by atoms with E-state index in [1.807, 2.05) is 20.8 Å². The van der Waals surface area contributed by atoms with Crippen molar-refractivity contribution >= 4 is 27.5 Å². The molecular formula is C19H23ClN2O3S. The van der Waals surface area contributed by atoms with Crippen LogP contribution >= 0.6 is 11.6 Å². The van der Waals surface area contributed by atoms with Gasteiger partial charge in [0.15, 0.2) is 0 Å². The van der Waals surface area contributed by atoms with Crippen molar-refractivity contribution in [2.75, 3.05) is 14.1 Å². The summed E-state index contributed by atoms with van der Waals surface area (Å²) in [5.41, 5.74) is 4.53. The van der Waals surface area contributed by atoms with Gasteiger partial charge in [-0.05, 0) is 55.7 Å². The molecule has 0 aromatic heterocycles. The molecule has 0 aliphatic carbocycles. The fourth-order valence-corrected chi connectivity index (χ4v) is 3.93. The van der Waals surface area contributed by atoms with Gasteiger partial charge in [0.25, 0.3) is 5.91 Å². The van der Waals surface area contributed by atoms with Crippen LogP contribution in [0.3, 0.4) is 0 Å². The number of aryl methyl sites for hydroxylation is 3. The summed E-state index contributed by atoms with van der Waals surface area (Å²) in [4.78, 5) is 12.6. The van der Waals surface area contributed by atoms with Crippen LogP contribution in [0.25, 0.3) is 0 Å². The molecule has 2 aromatic rings. The Labute approximate surface area is 160 Å². The van der Waals surface area contributed by atoms with Crippen LogP contribution in [-0.2, 0) is 16.6 Å². The Kier molecular flexibility index (Phi) is 6.11. The molecule has 0 saturated carbocycles. The van der Waals surface area contributed by atoms with E-state index in [0.29, 0.717) is 6.54 Å². The second-order valence-electron chi connectivity index (χ2n) is 6.49. The zero-order valence-corrected chi connectivity index (χ0v) is 17.1. The number of carbonyl (C=O) groups excluding carboxylic acids is 1. The van der Waals surface area contributed by atoms with Gasteiger partial charge in [0, 0.05) is 20.6 Å². The molecule has 5 nitrogen and oxygen atoms in total. The van der Waals surface area contributed by atoms with Crippen molar-refractivity contribution in [3.8, 4) is 0 Å². The van der Waals surface area contributed by atoms with E-state index >= 15 is 0 Å². The highest BCUT2D eigenvalue weighted by Crippen LogP contribution is 2.23. The molecule has 0 radical (unpaired) electrons. The Bertz CT molecular complexity index is 930. The van der Waals surface area contributed by atoms with E-state index in [1.54, 1.807) is 0 Å². The lowest BCUT2D eigenvalue weighted by atomic mass is 10.00. The summed E-state index contributed by atoms with van der Waals surface area (Å²) >= 11 is 6.12. The van der Waals surface area contributed by atoms with Gasteiger partial charge in [-0.25, -0.2) is 12.7 Å². The Morgan fingerprint density at radius 3 is 2.19 bits per heavy atom. The summed E-state index contributed by atoms with van der Waals surface area (Å²) in [6.07, 6.45) is 0. The number of carbonyl (C=O) groups is 1. The third-order valence-electron chi connectivity index (χ3n) is 4.23. The first-order valence-corrected chi connectivity index (χ1v) is 9.93. The smallest absolute Gasteiger partial charge is 0.253 e. The summed E-state index contributed by atoms with van der Waals surface area (Å²) < 4.78 is 25.6. The number of nitrogens with zero attached hydrogens (tertiary/aromatic N) is 1. The van der Waals surface area contributed by atoms with E-state index in [-0.39, 0.29) is 15.5 Å². The first-order chi connectivity index (χ1) is 12.0. The molecule has 0 bridgehead atoms. The van der Waals surface area contributed by atoms with Crippen molar-refractivity contribution in [2.24, 2.45) is 0 Å². The third kappa shape index (κ3) is 4.26. The lowest BCUT2D eigenvalue weighted by Gasteiger charge is -2.15. The number of rotatable bonds is 5. The van der Waals surface area contributed by atoms with Gasteiger partial charge in [0.1, 0.15) is 0 Å². The molecule has 0 unspecified atom stereocenters. The van der Waals surface area contributed by atoms with Crippen LogP contribution in [-0.4, -0.2) is 32.7 Å². The minimum atomic E-state index is -3.64. The van der Waals surface area contributed by atoms with Crippen molar-refractivity contribution in [3.05, 3.63) is 63.2 Å². The Hall–Kier alpha value is -1.89. The van der Waals surface area contributed by atoms with E-state index in [4.69, 9.17) is 11.6 Å². The summed E-state index contributed by atoms with van der Waals surface area (Å²) in [6.45, 7) is 6.37. The van der Waals surface area contributed by atoms with Gasteiger partial charge in [0.05, 0.1) is 15.5 Å². The largest absolute Gasteiger partial charge is 0.348 e. The normalized spacial score (nSPS) is 11.7. The molecule has 0 saturated heterocycles. The average molecular weight is 395 g/mol. The van der Waals surface area contributed by atoms with Gasteiger partial charge in [-0.15, -0.1) is 0 Å². The Balaban J connectivity index is 2.28. The zero-order valence-electron chi connectivity index (χ0n) is 15.6. The number of amides is 1. The van der Waals surface area contributed by atoms with Crippen molar-refractivity contribution in [1.82, 2.24) is 9.62 Å². The first kappa shape index (κ1) is 20.4. The number of halogens is 1. The van der Waals surface area contributed by atoms with E-state index in [1.165, 1.54) is 37.9 Å². The van der Waals surface area contributed by atoms with Gasteiger partial charge in [-0.1, -0.05) is 29.3 Å².